The van der Waals surface area contributed by atoms with Crippen LogP contribution in [0.1, 0.15) is 44.7 Å². The molecule has 114 valence electrons. The topological polar surface area (TPSA) is 57.6 Å². The fourth-order valence-corrected chi connectivity index (χ4v) is 3.31. The van der Waals surface area contributed by atoms with E-state index in [9.17, 15) is 14.7 Å². The molecule has 4 nitrogen and oxygen atoms in total. The van der Waals surface area contributed by atoms with Gasteiger partial charge < -0.3 is 10.0 Å². The molecule has 1 heterocycles. The van der Waals surface area contributed by atoms with E-state index in [-0.39, 0.29) is 11.9 Å². The number of carboxylic acids is 1. The number of carbonyl (C=O) groups excluding carboxylic acids is 1. The molecular weight excluding hydrogens is 290 g/mol. The van der Waals surface area contributed by atoms with Gasteiger partial charge in [0.2, 0.25) is 5.91 Å². The fourth-order valence-electron chi connectivity index (χ4n) is 3.06. The molecule has 2 rings (SSSR count). The van der Waals surface area contributed by atoms with Crippen LogP contribution in [0.2, 0.25) is 5.02 Å². The number of rotatable bonds is 3. The number of amides is 1. The van der Waals surface area contributed by atoms with Crippen molar-refractivity contribution in [1.29, 1.82) is 0 Å². The Morgan fingerprint density at radius 2 is 2.05 bits per heavy atom. The van der Waals surface area contributed by atoms with Gasteiger partial charge in [0, 0.05) is 17.5 Å². The van der Waals surface area contributed by atoms with Crippen LogP contribution < -0.4 is 0 Å². The van der Waals surface area contributed by atoms with E-state index >= 15 is 0 Å². The maximum atomic E-state index is 12.4. The van der Waals surface area contributed by atoms with Crippen molar-refractivity contribution in [2.75, 3.05) is 0 Å². The van der Waals surface area contributed by atoms with Gasteiger partial charge in [0.15, 0.2) is 0 Å². The van der Waals surface area contributed by atoms with E-state index in [1.807, 2.05) is 26.0 Å². The van der Waals surface area contributed by atoms with E-state index in [0.717, 1.165) is 5.56 Å². The molecule has 1 fully saturated rings. The normalized spacial score (nSPS) is 23.2. The van der Waals surface area contributed by atoms with Gasteiger partial charge in [-0.15, -0.1) is 0 Å². The molecule has 1 aromatic carbocycles. The zero-order chi connectivity index (χ0) is 15.6. The van der Waals surface area contributed by atoms with Gasteiger partial charge in [0.05, 0.1) is 12.0 Å². The Bertz CT molecular complexity index is 544. The number of benzene rings is 1. The highest BCUT2D eigenvalue weighted by Crippen LogP contribution is 2.39. The third-order valence-corrected chi connectivity index (χ3v) is 4.32. The molecule has 1 aliphatic heterocycles. The standard InChI is InChI=1S/C16H20ClNO3/c1-10(2)18-14(19)9-5-7-12(16(20)21)15(18)11-6-3-4-8-13(11)17/h3-4,6,8,10,12,15H,5,7,9H2,1-2H3,(H,20,21). The maximum Gasteiger partial charge on any atom is 0.308 e. The van der Waals surface area contributed by atoms with Crippen LogP contribution in [0.15, 0.2) is 24.3 Å². The summed E-state index contributed by atoms with van der Waals surface area (Å²) in [6.07, 6.45) is 1.48. The van der Waals surface area contributed by atoms with Gasteiger partial charge in [-0.1, -0.05) is 29.8 Å². The molecular formula is C16H20ClNO3. The number of nitrogens with zero attached hydrogens (tertiary/aromatic N) is 1. The summed E-state index contributed by atoms with van der Waals surface area (Å²) in [6, 6.07) is 6.61. The molecule has 0 bridgehead atoms. The summed E-state index contributed by atoms with van der Waals surface area (Å²) in [5.41, 5.74) is 0.718. The highest BCUT2D eigenvalue weighted by molar-refractivity contribution is 6.31. The van der Waals surface area contributed by atoms with Crippen LogP contribution in [0.25, 0.3) is 0 Å². The third-order valence-electron chi connectivity index (χ3n) is 3.97. The molecule has 1 N–H and O–H groups in total. The summed E-state index contributed by atoms with van der Waals surface area (Å²) in [5, 5.41) is 10.1. The minimum atomic E-state index is -0.875. The Morgan fingerprint density at radius 1 is 1.38 bits per heavy atom. The maximum absolute atomic E-state index is 12.4. The largest absolute Gasteiger partial charge is 0.481 e. The predicted molar refractivity (Wildman–Crippen MR) is 81.2 cm³/mol. The molecule has 2 atom stereocenters. The summed E-state index contributed by atoms with van der Waals surface area (Å²) in [4.78, 5) is 25.8. The summed E-state index contributed by atoms with van der Waals surface area (Å²) in [6.45, 7) is 3.82. The summed E-state index contributed by atoms with van der Waals surface area (Å²) in [7, 11) is 0. The number of likely N-dealkylation sites (tertiary alicyclic amines) is 1. The van der Waals surface area contributed by atoms with Crippen molar-refractivity contribution in [2.24, 2.45) is 5.92 Å². The molecule has 1 saturated heterocycles. The first-order valence-corrected chi connectivity index (χ1v) is 7.59. The Kier molecular flexibility index (Phi) is 4.88. The lowest BCUT2D eigenvalue weighted by atomic mass is 9.88. The van der Waals surface area contributed by atoms with Crippen LogP contribution >= 0.6 is 11.6 Å². The van der Waals surface area contributed by atoms with Gasteiger partial charge in [-0.2, -0.15) is 0 Å². The van der Waals surface area contributed by atoms with Gasteiger partial charge in [-0.3, -0.25) is 9.59 Å². The Morgan fingerprint density at radius 3 is 2.62 bits per heavy atom. The molecule has 0 aliphatic carbocycles. The van der Waals surface area contributed by atoms with Crippen molar-refractivity contribution in [1.82, 2.24) is 4.90 Å². The highest BCUT2D eigenvalue weighted by Gasteiger charge is 2.40. The van der Waals surface area contributed by atoms with E-state index < -0.39 is 17.9 Å². The average Bonchev–Trinajstić information content (AvgIpc) is 2.58. The Labute approximate surface area is 129 Å². The van der Waals surface area contributed by atoms with E-state index in [1.165, 1.54) is 0 Å². The van der Waals surface area contributed by atoms with Gasteiger partial charge in [-0.05, 0) is 38.3 Å². The SMILES string of the molecule is CC(C)N1C(=O)CCCC(C(=O)O)C1c1ccccc1Cl. The van der Waals surface area contributed by atoms with Gasteiger partial charge >= 0.3 is 5.97 Å². The quantitative estimate of drug-likeness (QED) is 0.929. The van der Waals surface area contributed by atoms with Crippen molar-refractivity contribution >= 4 is 23.5 Å². The van der Waals surface area contributed by atoms with Crippen LogP contribution in [0.3, 0.4) is 0 Å². The summed E-state index contributed by atoms with van der Waals surface area (Å²) < 4.78 is 0. The van der Waals surface area contributed by atoms with Gasteiger partial charge in [-0.25, -0.2) is 0 Å². The molecule has 21 heavy (non-hydrogen) atoms. The smallest absolute Gasteiger partial charge is 0.308 e. The molecule has 2 unspecified atom stereocenters. The molecule has 1 aromatic rings. The number of carboxylic acid groups (broad SMARTS) is 1. The molecule has 0 radical (unpaired) electrons. The molecule has 0 saturated carbocycles. The molecule has 1 amide bonds. The first-order valence-electron chi connectivity index (χ1n) is 7.22. The first-order chi connectivity index (χ1) is 9.93. The van der Waals surface area contributed by atoms with Crippen molar-refractivity contribution in [3.05, 3.63) is 34.9 Å². The van der Waals surface area contributed by atoms with E-state index in [2.05, 4.69) is 0 Å². The number of halogens is 1. The lowest BCUT2D eigenvalue weighted by Crippen LogP contribution is -2.43. The second-order valence-corrected chi connectivity index (χ2v) is 6.11. The van der Waals surface area contributed by atoms with Gasteiger partial charge in [0.25, 0.3) is 0 Å². The van der Waals surface area contributed by atoms with Crippen LogP contribution in [-0.4, -0.2) is 27.9 Å². The van der Waals surface area contributed by atoms with Crippen molar-refractivity contribution in [3.63, 3.8) is 0 Å². The Balaban J connectivity index is 2.56. The molecule has 0 spiro atoms. The highest BCUT2D eigenvalue weighted by atomic mass is 35.5. The monoisotopic (exact) mass is 309 g/mol. The van der Waals surface area contributed by atoms with Crippen molar-refractivity contribution in [3.8, 4) is 0 Å². The van der Waals surface area contributed by atoms with E-state index in [1.54, 1.807) is 17.0 Å². The zero-order valence-electron chi connectivity index (χ0n) is 12.3. The lowest BCUT2D eigenvalue weighted by molar-refractivity contribution is -0.146. The lowest BCUT2D eigenvalue weighted by Gasteiger charge is -2.37. The zero-order valence-corrected chi connectivity index (χ0v) is 13.0. The van der Waals surface area contributed by atoms with Crippen LogP contribution in [0.4, 0.5) is 0 Å². The number of hydrogen-bond donors (Lipinski definition) is 1. The second-order valence-electron chi connectivity index (χ2n) is 5.70. The number of aliphatic carboxylic acids is 1. The predicted octanol–water partition coefficient (Wildman–Crippen LogP) is 3.50. The first kappa shape index (κ1) is 15.8. The van der Waals surface area contributed by atoms with Crippen molar-refractivity contribution < 1.29 is 14.7 Å². The molecule has 0 aromatic heterocycles. The average molecular weight is 310 g/mol. The fraction of sp³-hybridized carbons (Fsp3) is 0.500. The third kappa shape index (κ3) is 3.21. The van der Waals surface area contributed by atoms with Crippen LogP contribution in [0.5, 0.6) is 0 Å². The number of hydrogen-bond acceptors (Lipinski definition) is 2. The minimum Gasteiger partial charge on any atom is -0.481 e. The van der Waals surface area contributed by atoms with E-state index in [0.29, 0.717) is 24.3 Å². The van der Waals surface area contributed by atoms with Crippen molar-refractivity contribution in [2.45, 2.75) is 45.2 Å². The summed E-state index contributed by atoms with van der Waals surface area (Å²) in [5.74, 6) is -1.50. The summed E-state index contributed by atoms with van der Waals surface area (Å²) >= 11 is 6.27. The van der Waals surface area contributed by atoms with Crippen LogP contribution in [-0.2, 0) is 9.59 Å². The Hall–Kier alpha value is -1.55. The molecule has 1 aliphatic rings. The van der Waals surface area contributed by atoms with Gasteiger partial charge in [0.1, 0.15) is 0 Å². The minimum absolute atomic E-state index is 0.00123. The van der Waals surface area contributed by atoms with E-state index in [4.69, 9.17) is 11.6 Å². The van der Waals surface area contributed by atoms with Crippen LogP contribution in [0, 0.1) is 5.92 Å². The number of carbonyl (C=O) groups is 2. The second kappa shape index (κ2) is 6.48. The molecule has 5 heteroatoms.